The van der Waals surface area contributed by atoms with E-state index in [1.165, 1.54) is 167 Å². The lowest BCUT2D eigenvalue weighted by Gasteiger charge is -2.25. The van der Waals surface area contributed by atoms with Crippen molar-refractivity contribution >= 4 is 17.7 Å². The number of allylic oxidation sites excluding steroid dienone is 4. The number of carbonyl (C=O) groups excluding carboxylic acids is 1. The van der Waals surface area contributed by atoms with Crippen LogP contribution in [-0.4, -0.2) is 79.8 Å². The summed E-state index contributed by atoms with van der Waals surface area (Å²) < 4.78 is 11.2. The number of carbonyl (C=O) groups is 1. The molecule has 0 aliphatic carbocycles. The van der Waals surface area contributed by atoms with Gasteiger partial charge in [0.2, 0.25) is 0 Å². The topological polar surface area (TPSA) is 79.2 Å². The maximum atomic E-state index is 12.6. The Kier molecular flexibility index (Phi) is 57.5. The summed E-state index contributed by atoms with van der Waals surface area (Å²) in [5, 5.41) is 18.9. The Morgan fingerprint density at radius 3 is 1.39 bits per heavy atom. The molecule has 0 fully saturated rings. The number of aliphatic hydroxyl groups is 2. The highest BCUT2D eigenvalue weighted by atomic mass is 32.2. The molecule has 1 atom stereocenters. The standard InChI is InChI=1S/C42H80O4.C10H19NO.C2H6S/c1-5-7-9-11-13-15-17-19-21-23-25-27-29-31-33-35-37-45-40(43)39-42(3,4)41(44)46-38-36-34-32-30-28-26-24-22-20-18-16-14-12-10-8-6-2;1-3-8-11(2)9-6-4-5-7-10-12;1-3-2/h19-22,40,43H,5-18,23-39H2,1-4H3;1,12H,4-10H2,2H3;1-2H3/b21-19-,22-20-;;. The summed E-state index contributed by atoms with van der Waals surface area (Å²) in [7, 11) is 2.03. The Morgan fingerprint density at radius 1 is 0.623 bits per heavy atom. The number of nitrogens with zero attached hydrogens (tertiary/aromatic N) is 1. The van der Waals surface area contributed by atoms with Crippen LogP contribution in [0.5, 0.6) is 0 Å². The minimum absolute atomic E-state index is 0.236. The fourth-order valence-electron chi connectivity index (χ4n) is 6.94. The highest BCUT2D eigenvalue weighted by Gasteiger charge is 2.32. The third kappa shape index (κ3) is 56.7. The molecule has 0 spiro atoms. The van der Waals surface area contributed by atoms with Crippen molar-refractivity contribution in [3.05, 3.63) is 24.3 Å². The zero-order valence-corrected chi connectivity index (χ0v) is 42.6. The first-order valence-corrected chi connectivity index (χ1v) is 27.2. The van der Waals surface area contributed by atoms with Gasteiger partial charge in [-0.2, -0.15) is 11.8 Å². The van der Waals surface area contributed by atoms with Gasteiger partial charge < -0.3 is 19.7 Å². The summed E-state index contributed by atoms with van der Waals surface area (Å²) in [6.45, 7) is 11.4. The normalized spacial score (nSPS) is 12.0. The van der Waals surface area contributed by atoms with Crippen molar-refractivity contribution < 1.29 is 24.5 Å². The molecule has 1 unspecified atom stereocenters. The molecule has 0 heterocycles. The van der Waals surface area contributed by atoms with Crippen molar-refractivity contribution in [2.75, 3.05) is 52.5 Å². The fraction of sp³-hybridized carbons (Fsp3) is 0.870. The van der Waals surface area contributed by atoms with Crippen molar-refractivity contribution in [2.45, 2.75) is 246 Å². The predicted octanol–water partition coefficient (Wildman–Crippen LogP) is 15.4. The number of aliphatic hydroxyl groups excluding tert-OH is 2. The molecule has 0 radical (unpaired) electrons. The Hall–Kier alpha value is -1.30. The van der Waals surface area contributed by atoms with E-state index in [9.17, 15) is 9.90 Å². The van der Waals surface area contributed by atoms with Gasteiger partial charge in [-0.3, -0.25) is 9.69 Å². The van der Waals surface area contributed by atoms with Gasteiger partial charge in [0, 0.05) is 19.6 Å². The van der Waals surface area contributed by atoms with Crippen LogP contribution in [0.2, 0.25) is 0 Å². The summed E-state index contributed by atoms with van der Waals surface area (Å²) in [6.07, 6.45) is 58.1. The Morgan fingerprint density at radius 2 is 0.984 bits per heavy atom. The molecule has 0 amide bonds. The molecule has 61 heavy (non-hydrogen) atoms. The van der Waals surface area contributed by atoms with Gasteiger partial charge in [0.25, 0.3) is 0 Å². The molecule has 0 saturated heterocycles. The fourth-order valence-corrected chi connectivity index (χ4v) is 6.94. The first-order valence-electron chi connectivity index (χ1n) is 25.6. The SMILES string of the molecule is C#CCN(C)CCCCCCO.CCCCCCCC/C=C\CCCCCCCCOC(=O)C(C)(C)CC(O)OCCCCCCCC/C=C\CCCCCCCC.CSC. The molecule has 0 aromatic heterocycles. The Labute approximate surface area is 386 Å². The van der Waals surface area contributed by atoms with Gasteiger partial charge in [-0.25, -0.2) is 0 Å². The van der Waals surface area contributed by atoms with Crippen LogP contribution in [0.3, 0.4) is 0 Å². The van der Waals surface area contributed by atoms with Crippen molar-refractivity contribution in [3.8, 4) is 12.3 Å². The van der Waals surface area contributed by atoms with Crippen molar-refractivity contribution in [2.24, 2.45) is 5.41 Å². The van der Waals surface area contributed by atoms with Crippen molar-refractivity contribution in [3.63, 3.8) is 0 Å². The molecular weight excluding hydrogens is 775 g/mol. The highest BCUT2D eigenvalue weighted by Crippen LogP contribution is 2.25. The quantitative estimate of drug-likeness (QED) is 0.0208. The second-order valence-corrected chi connectivity index (χ2v) is 18.7. The van der Waals surface area contributed by atoms with Gasteiger partial charge in [-0.1, -0.05) is 172 Å². The zero-order valence-electron chi connectivity index (χ0n) is 41.8. The van der Waals surface area contributed by atoms with E-state index >= 15 is 0 Å². The monoisotopic (exact) mass is 880 g/mol. The molecule has 0 saturated carbocycles. The van der Waals surface area contributed by atoms with E-state index in [0.29, 0.717) is 19.8 Å². The van der Waals surface area contributed by atoms with Crippen LogP contribution in [0.15, 0.2) is 24.3 Å². The maximum absolute atomic E-state index is 12.6. The molecule has 6 nitrogen and oxygen atoms in total. The van der Waals surface area contributed by atoms with E-state index < -0.39 is 11.7 Å². The van der Waals surface area contributed by atoms with Crippen LogP contribution >= 0.6 is 11.8 Å². The molecule has 0 aliphatic heterocycles. The highest BCUT2D eigenvalue weighted by molar-refractivity contribution is 7.97. The third-order valence-corrected chi connectivity index (χ3v) is 10.9. The largest absolute Gasteiger partial charge is 0.465 e. The van der Waals surface area contributed by atoms with Crippen LogP contribution < -0.4 is 0 Å². The van der Waals surface area contributed by atoms with Gasteiger partial charge in [-0.15, -0.1) is 6.42 Å². The lowest BCUT2D eigenvalue weighted by molar-refractivity contribution is -0.165. The number of hydrogen-bond acceptors (Lipinski definition) is 7. The summed E-state index contributed by atoms with van der Waals surface area (Å²) >= 11 is 1.75. The van der Waals surface area contributed by atoms with E-state index in [4.69, 9.17) is 21.0 Å². The lowest BCUT2D eigenvalue weighted by Crippen LogP contribution is -2.32. The molecule has 0 rings (SSSR count). The lowest BCUT2D eigenvalue weighted by atomic mass is 9.89. The predicted molar refractivity (Wildman–Crippen MR) is 272 cm³/mol. The summed E-state index contributed by atoms with van der Waals surface area (Å²) in [6, 6.07) is 0. The van der Waals surface area contributed by atoms with Crippen LogP contribution in [0.25, 0.3) is 0 Å². The van der Waals surface area contributed by atoms with Crippen LogP contribution in [0, 0.1) is 17.8 Å². The molecule has 0 bridgehead atoms. The van der Waals surface area contributed by atoms with Crippen LogP contribution in [0.4, 0.5) is 0 Å². The first kappa shape index (κ1) is 64.0. The average molecular weight is 881 g/mol. The van der Waals surface area contributed by atoms with E-state index in [-0.39, 0.29) is 12.4 Å². The van der Waals surface area contributed by atoms with Crippen LogP contribution in [-0.2, 0) is 14.3 Å². The van der Waals surface area contributed by atoms with Crippen LogP contribution in [0.1, 0.15) is 240 Å². The van der Waals surface area contributed by atoms with E-state index in [0.717, 1.165) is 51.6 Å². The van der Waals surface area contributed by atoms with Gasteiger partial charge in [-0.05, 0) is 117 Å². The average Bonchev–Trinajstić information content (AvgIpc) is 3.23. The minimum atomic E-state index is -0.920. The maximum Gasteiger partial charge on any atom is 0.311 e. The molecule has 0 aliphatic rings. The van der Waals surface area contributed by atoms with Gasteiger partial charge in [0.15, 0.2) is 6.29 Å². The number of unbranched alkanes of at least 4 members (excludes halogenated alkanes) is 27. The number of terminal acetylenes is 1. The number of hydrogen-bond donors (Lipinski definition) is 2. The molecular formula is C54H105NO5S. The molecule has 2 N–H and O–H groups in total. The minimum Gasteiger partial charge on any atom is -0.465 e. The van der Waals surface area contributed by atoms with E-state index in [1.807, 2.05) is 33.4 Å². The Balaban J connectivity index is -0.00000189. The second kappa shape index (κ2) is 54.8. The number of esters is 1. The summed E-state index contributed by atoms with van der Waals surface area (Å²) in [4.78, 5) is 14.7. The summed E-state index contributed by atoms with van der Waals surface area (Å²) in [5.41, 5.74) is -0.745. The number of ether oxygens (including phenoxy) is 2. The molecule has 362 valence electrons. The van der Waals surface area contributed by atoms with E-state index in [2.05, 4.69) is 49.0 Å². The van der Waals surface area contributed by atoms with Gasteiger partial charge in [0.1, 0.15) is 0 Å². The number of rotatable bonds is 43. The zero-order chi connectivity index (χ0) is 45.8. The smallest absolute Gasteiger partial charge is 0.311 e. The second-order valence-electron chi connectivity index (χ2n) is 17.9. The first-order chi connectivity index (χ1) is 29.7. The molecule has 0 aromatic carbocycles. The van der Waals surface area contributed by atoms with E-state index in [1.54, 1.807) is 11.8 Å². The van der Waals surface area contributed by atoms with Crippen molar-refractivity contribution in [1.82, 2.24) is 4.90 Å². The molecule has 0 aromatic rings. The van der Waals surface area contributed by atoms with Gasteiger partial charge in [0.05, 0.1) is 18.6 Å². The van der Waals surface area contributed by atoms with Gasteiger partial charge >= 0.3 is 5.97 Å². The third-order valence-electron chi connectivity index (χ3n) is 10.9. The van der Waals surface area contributed by atoms with Crippen molar-refractivity contribution in [1.29, 1.82) is 0 Å². The summed E-state index contributed by atoms with van der Waals surface area (Å²) in [5.74, 6) is 2.37. The molecule has 7 heteroatoms. The Bertz CT molecular complexity index is 948. The number of thioether (sulfide) groups is 1.